The molecule has 18 nitrogen and oxygen atoms in total. The number of rotatable bonds is 15. The maximum atomic E-state index is 13.1. The molecule has 4 aliphatic rings. The van der Waals surface area contributed by atoms with E-state index in [0.717, 1.165) is 49.3 Å². The standard InChI is InChI=1S/C43H47N11O7/c1-3-32-38-31(20-44)47-24-53(38)34-21-46-43(51-39(34)54(32)26-9-4-5-10-26)49-30-14-13-25(19-35(30)60-2)40(57)45-17-6-7-18-61-23-37(56)48-29-12-8-11-27-28(29)22-52(42(27)59)33-15-16-36(55)50-41(33)58/h8,11-14,19,21,24,26,32-33H,3-7,9-10,15-18,22-23H2,1-2H3,(H,45,57)(H,48,56)(H,46,49,51)(H,50,55,58)/t32-,33?/m1/s1. The Morgan fingerprint density at radius 1 is 1.05 bits per heavy atom. The number of hydrogen-bond acceptors (Lipinski definition) is 13. The molecule has 2 fully saturated rings. The first-order valence-corrected chi connectivity index (χ1v) is 20.7. The molecule has 18 heteroatoms. The van der Waals surface area contributed by atoms with Crippen molar-refractivity contribution in [1.82, 2.24) is 35.1 Å². The number of methoxy groups -OCH3 is 1. The number of anilines is 4. The molecule has 316 valence electrons. The average molecular weight is 830 g/mol. The lowest BCUT2D eigenvalue weighted by Gasteiger charge is -2.41. The molecule has 2 aromatic carbocycles. The first-order valence-electron chi connectivity index (χ1n) is 20.7. The summed E-state index contributed by atoms with van der Waals surface area (Å²) in [6.45, 7) is 2.73. The Kier molecular flexibility index (Phi) is 11.9. The smallest absolute Gasteiger partial charge is 0.255 e. The highest BCUT2D eigenvalue weighted by molar-refractivity contribution is 6.07. The summed E-state index contributed by atoms with van der Waals surface area (Å²) in [7, 11) is 1.53. The number of nitrogens with one attached hydrogen (secondary N) is 4. The summed E-state index contributed by atoms with van der Waals surface area (Å²) >= 11 is 0. The zero-order valence-corrected chi connectivity index (χ0v) is 34.0. The van der Waals surface area contributed by atoms with Gasteiger partial charge >= 0.3 is 0 Å². The van der Waals surface area contributed by atoms with Crippen LogP contribution in [0.4, 0.5) is 23.1 Å². The fraction of sp³-hybridized carbons (Fsp3) is 0.419. The first-order chi connectivity index (χ1) is 29.7. The van der Waals surface area contributed by atoms with Crippen molar-refractivity contribution in [3.8, 4) is 17.5 Å². The number of carbonyl (C=O) groups is 5. The Morgan fingerprint density at radius 2 is 1.89 bits per heavy atom. The number of nitriles is 1. The Morgan fingerprint density at radius 3 is 2.66 bits per heavy atom. The van der Waals surface area contributed by atoms with Gasteiger partial charge in [-0.2, -0.15) is 10.2 Å². The van der Waals surface area contributed by atoms with Crippen LogP contribution in [0.15, 0.2) is 48.9 Å². The molecule has 2 atom stereocenters. The molecule has 61 heavy (non-hydrogen) atoms. The van der Waals surface area contributed by atoms with Crippen LogP contribution in [0, 0.1) is 11.3 Å². The number of piperidine rings is 1. The van der Waals surface area contributed by atoms with Crippen LogP contribution < -0.4 is 30.9 Å². The number of imide groups is 1. The van der Waals surface area contributed by atoms with Crippen molar-refractivity contribution < 1.29 is 33.4 Å². The molecule has 8 rings (SSSR count). The van der Waals surface area contributed by atoms with Gasteiger partial charge in [-0.15, -0.1) is 0 Å². The highest BCUT2D eigenvalue weighted by Crippen LogP contribution is 2.45. The van der Waals surface area contributed by atoms with Crippen LogP contribution in [-0.2, 0) is 25.7 Å². The van der Waals surface area contributed by atoms with E-state index in [2.05, 4.69) is 49.1 Å². The summed E-state index contributed by atoms with van der Waals surface area (Å²) in [5.41, 5.74) is 4.54. The molecule has 0 spiro atoms. The van der Waals surface area contributed by atoms with E-state index in [-0.39, 0.29) is 55.8 Å². The van der Waals surface area contributed by atoms with Crippen molar-refractivity contribution in [2.45, 2.75) is 89.4 Å². The van der Waals surface area contributed by atoms with E-state index in [1.54, 1.807) is 48.9 Å². The van der Waals surface area contributed by atoms with Crippen LogP contribution in [0.2, 0.25) is 0 Å². The fourth-order valence-corrected chi connectivity index (χ4v) is 8.76. The van der Waals surface area contributed by atoms with Crippen molar-refractivity contribution >= 4 is 52.7 Å². The predicted molar refractivity (Wildman–Crippen MR) is 221 cm³/mol. The summed E-state index contributed by atoms with van der Waals surface area (Å²) in [5.74, 6) is -0.251. The number of hydrogen-bond donors (Lipinski definition) is 4. The lowest BCUT2D eigenvalue weighted by molar-refractivity contribution is -0.137. The number of fused-ring (bicyclic) bond motifs is 4. The van der Waals surface area contributed by atoms with Gasteiger partial charge in [0.25, 0.3) is 11.8 Å². The molecular formula is C43H47N11O7. The number of amides is 5. The third-order valence-electron chi connectivity index (χ3n) is 11.7. The van der Waals surface area contributed by atoms with E-state index in [9.17, 15) is 29.2 Å². The maximum Gasteiger partial charge on any atom is 0.255 e. The zero-order chi connectivity index (χ0) is 42.6. The van der Waals surface area contributed by atoms with E-state index in [1.807, 2.05) is 4.57 Å². The lowest BCUT2D eigenvalue weighted by atomic mass is 10.0. The van der Waals surface area contributed by atoms with Gasteiger partial charge in [-0.1, -0.05) is 25.8 Å². The van der Waals surface area contributed by atoms with Crippen LogP contribution in [0.1, 0.15) is 108 Å². The third kappa shape index (κ3) is 8.20. The monoisotopic (exact) mass is 829 g/mol. The van der Waals surface area contributed by atoms with Crippen molar-refractivity contribution in [1.29, 1.82) is 5.26 Å². The van der Waals surface area contributed by atoms with E-state index in [0.29, 0.717) is 71.5 Å². The van der Waals surface area contributed by atoms with Gasteiger partial charge < -0.3 is 35.2 Å². The number of imidazole rings is 1. The van der Waals surface area contributed by atoms with Gasteiger partial charge in [0.2, 0.25) is 23.7 Å². The van der Waals surface area contributed by atoms with Gasteiger partial charge in [0.1, 0.15) is 36.5 Å². The molecule has 1 aliphatic carbocycles. The number of benzene rings is 2. The SMILES string of the molecule is CC[C@@H]1c2c(C#N)ncn2-c2cnc(Nc3ccc(C(=O)NCCCCOCC(=O)Nc4cccc5c4CN(C4CCC(=O)NC4=O)C5=O)cc3OC)nc2N1C1CCCC1. The number of aromatic nitrogens is 4. The second kappa shape index (κ2) is 17.8. The largest absolute Gasteiger partial charge is 0.495 e. The summed E-state index contributed by atoms with van der Waals surface area (Å²) in [4.78, 5) is 80.7. The molecule has 2 aromatic heterocycles. The molecule has 1 unspecified atom stereocenters. The fourth-order valence-electron chi connectivity index (χ4n) is 8.76. The van der Waals surface area contributed by atoms with E-state index in [4.69, 9.17) is 14.5 Å². The first kappa shape index (κ1) is 40.9. The van der Waals surface area contributed by atoms with Crippen LogP contribution >= 0.6 is 0 Å². The molecule has 3 aliphatic heterocycles. The number of ether oxygens (including phenoxy) is 2. The summed E-state index contributed by atoms with van der Waals surface area (Å²) in [5, 5.41) is 21.1. The molecule has 0 radical (unpaired) electrons. The molecule has 4 N–H and O–H groups in total. The van der Waals surface area contributed by atoms with Crippen molar-refractivity contribution in [3.05, 3.63) is 77.0 Å². The van der Waals surface area contributed by atoms with Gasteiger partial charge in [0.15, 0.2) is 11.5 Å². The number of carbonyl (C=O) groups excluding carboxylic acids is 5. The van der Waals surface area contributed by atoms with Gasteiger partial charge in [-0.05, 0) is 68.9 Å². The third-order valence-corrected chi connectivity index (χ3v) is 11.7. The van der Waals surface area contributed by atoms with E-state index in [1.165, 1.54) is 12.0 Å². The van der Waals surface area contributed by atoms with Crippen molar-refractivity contribution in [3.63, 3.8) is 0 Å². The maximum absolute atomic E-state index is 13.1. The quantitative estimate of drug-likeness (QED) is 0.0963. The van der Waals surface area contributed by atoms with E-state index >= 15 is 0 Å². The van der Waals surface area contributed by atoms with Gasteiger partial charge in [-0.3, -0.25) is 33.9 Å². The zero-order valence-electron chi connectivity index (χ0n) is 34.0. The Bertz CT molecular complexity index is 2420. The topological polar surface area (TPSA) is 226 Å². The van der Waals surface area contributed by atoms with Crippen molar-refractivity contribution in [2.24, 2.45) is 0 Å². The Labute approximate surface area is 352 Å². The molecule has 1 saturated carbocycles. The summed E-state index contributed by atoms with van der Waals surface area (Å²) < 4.78 is 13.2. The minimum absolute atomic E-state index is 0.0534. The summed E-state index contributed by atoms with van der Waals surface area (Å²) in [6, 6.07) is 11.9. The highest BCUT2D eigenvalue weighted by Gasteiger charge is 2.41. The predicted octanol–water partition coefficient (Wildman–Crippen LogP) is 4.43. The molecule has 5 amide bonds. The highest BCUT2D eigenvalue weighted by atomic mass is 16.5. The molecule has 0 bridgehead atoms. The van der Waals surface area contributed by atoms with E-state index < -0.39 is 17.9 Å². The van der Waals surface area contributed by atoms with Crippen molar-refractivity contribution in [2.75, 3.05) is 42.4 Å². The second-order valence-corrected chi connectivity index (χ2v) is 15.5. The normalized spacial score (nSPS) is 18.2. The average Bonchev–Trinajstić information content (AvgIpc) is 4.03. The minimum Gasteiger partial charge on any atom is -0.495 e. The Balaban J connectivity index is 0.811. The molecule has 1 saturated heterocycles. The van der Waals surface area contributed by atoms with Crippen LogP contribution in [-0.4, -0.2) is 92.9 Å². The van der Waals surface area contributed by atoms with Crippen LogP contribution in [0.3, 0.4) is 0 Å². The Hall–Kier alpha value is -6.87. The lowest BCUT2D eigenvalue weighted by Crippen LogP contribution is -2.52. The van der Waals surface area contributed by atoms with Gasteiger partial charge in [0.05, 0.1) is 30.7 Å². The van der Waals surface area contributed by atoms with Crippen LogP contribution in [0.5, 0.6) is 5.75 Å². The number of nitrogens with zero attached hydrogens (tertiary/aromatic N) is 7. The molecule has 5 heterocycles. The molecular weight excluding hydrogens is 783 g/mol. The van der Waals surface area contributed by atoms with Gasteiger partial charge in [-0.25, -0.2) is 9.97 Å². The summed E-state index contributed by atoms with van der Waals surface area (Å²) in [6.07, 6.45) is 10.2. The van der Waals surface area contributed by atoms with Crippen LogP contribution in [0.25, 0.3) is 5.69 Å². The minimum atomic E-state index is -0.750. The number of unbranched alkanes of at least 4 members (excludes halogenated alkanes) is 1. The second-order valence-electron chi connectivity index (χ2n) is 15.5. The molecule has 4 aromatic rings. The van der Waals surface area contributed by atoms with Gasteiger partial charge in [0, 0.05) is 54.5 Å².